The fraction of sp³-hybridized carbons (Fsp3) is 1.00. The maximum absolute atomic E-state index is 11.2. The van der Waals surface area contributed by atoms with Crippen LogP contribution in [0, 0.1) is 0 Å². The Hall–Kier alpha value is -0.180. The Morgan fingerprint density at radius 2 is 1.79 bits per heavy atom. The molecule has 0 heterocycles. The average Bonchev–Trinajstić information content (AvgIpc) is 1.95. The molecular weight excluding hydrogens is 230 g/mol. The van der Waals surface area contributed by atoms with Crippen molar-refractivity contribution in [2.45, 2.75) is 19.4 Å². The second-order valence-corrected chi connectivity index (χ2v) is 7.32. The summed E-state index contributed by atoms with van der Waals surface area (Å²) in [6.07, 6.45) is 1.24. The van der Waals surface area contributed by atoms with E-state index in [1.165, 1.54) is 0 Å². The summed E-state index contributed by atoms with van der Waals surface area (Å²) in [5.74, 6) is 0. The number of hydrogen-bond acceptors (Lipinski definition) is 5. The van der Waals surface area contributed by atoms with Gasteiger partial charge in [0, 0.05) is 12.3 Å². The molecule has 8 heteroatoms. The minimum absolute atomic E-state index is 0.348. The minimum atomic E-state index is -3.86. The van der Waals surface area contributed by atoms with Gasteiger partial charge in [0.15, 0.2) is 14.9 Å². The van der Waals surface area contributed by atoms with E-state index < -0.39 is 31.0 Å². The standard InChI is InChI=1S/C6H15NO5S2/c1-3-6(4-8)7-14(11,12)5-13(2,9)10/h6-8H,3-5H2,1-2H3. The van der Waals surface area contributed by atoms with Crippen molar-refractivity contribution in [2.24, 2.45) is 0 Å². The molecule has 0 rings (SSSR count). The normalized spacial score (nSPS) is 15.4. The molecule has 0 bridgehead atoms. The highest BCUT2D eigenvalue weighted by atomic mass is 32.3. The van der Waals surface area contributed by atoms with Gasteiger partial charge >= 0.3 is 0 Å². The summed E-state index contributed by atoms with van der Waals surface area (Å²) in [6.45, 7) is 1.34. The Morgan fingerprint density at radius 1 is 1.29 bits per heavy atom. The Balaban J connectivity index is 4.51. The quantitative estimate of drug-likeness (QED) is 0.604. The maximum atomic E-state index is 11.2. The average molecular weight is 245 g/mol. The maximum Gasteiger partial charge on any atom is 0.226 e. The summed E-state index contributed by atoms with van der Waals surface area (Å²) in [5.41, 5.74) is 0. The predicted octanol–water partition coefficient (Wildman–Crippen LogP) is -1.32. The summed E-state index contributed by atoms with van der Waals surface area (Å²) >= 11 is 0. The molecule has 1 unspecified atom stereocenters. The number of nitrogens with one attached hydrogen (secondary N) is 1. The molecule has 14 heavy (non-hydrogen) atoms. The molecule has 6 nitrogen and oxygen atoms in total. The molecule has 86 valence electrons. The molecule has 0 saturated carbocycles. The van der Waals surface area contributed by atoms with Crippen LogP contribution >= 0.6 is 0 Å². The van der Waals surface area contributed by atoms with Gasteiger partial charge in [0.2, 0.25) is 10.0 Å². The predicted molar refractivity (Wildman–Crippen MR) is 52.9 cm³/mol. The number of rotatable bonds is 6. The number of hydrogen-bond donors (Lipinski definition) is 2. The first kappa shape index (κ1) is 13.8. The van der Waals surface area contributed by atoms with Crippen molar-refractivity contribution in [3.05, 3.63) is 0 Å². The molecule has 0 aromatic heterocycles. The summed E-state index contributed by atoms with van der Waals surface area (Å²) in [7, 11) is -7.44. The van der Waals surface area contributed by atoms with Gasteiger partial charge < -0.3 is 5.11 Å². The van der Waals surface area contributed by atoms with Crippen molar-refractivity contribution in [1.82, 2.24) is 4.72 Å². The monoisotopic (exact) mass is 245 g/mol. The SMILES string of the molecule is CCC(CO)NS(=O)(=O)CS(C)(=O)=O. The van der Waals surface area contributed by atoms with Crippen LogP contribution in [0.25, 0.3) is 0 Å². The first-order valence-electron chi connectivity index (χ1n) is 3.98. The Kier molecular flexibility index (Phi) is 4.99. The zero-order valence-corrected chi connectivity index (χ0v) is 9.73. The molecule has 0 radical (unpaired) electrons. The molecule has 0 aromatic carbocycles. The van der Waals surface area contributed by atoms with E-state index in [9.17, 15) is 16.8 Å². The van der Waals surface area contributed by atoms with Gasteiger partial charge in [-0.2, -0.15) is 0 Å². The Bertz CT molecular complexity index is 354. The smallest absolute Gasteiger partial charge is 0.226 e. The van der Waals surface area contributed by atoms with Gasteiger partial charge in [-0.3, -0.25) is 0 Å². The van der Waals surface area contributed by atoms with Crippen molar-refractivity contribution < 1.29 is 21.9 Å². The number of sulfone groups is 1. The van der Waals surface area contributed by atoms with Gasteiger partial charge in [-0.25, -0.2) is 21.6 Å². The lowest BCUT2D eigenvalue weighted by Crippen LogP contribution is -2.39. The highest BCUT2D eigenvalue weighted by molar-refractivity contribution is 8.06. The summed E-state index contributed by atoms with van der Waals surface area (Å²) < 4.78 is 45.9. The van der Waals surface area contributed by atoms with E-state index in [1.54, 1.807) is 6.92 Å². The third kappa shape index (κ3) is 6.30. The van der Waals surface area contributed by atoms with Gasteiger partial charge in [-0.1, -0.05) is 6.92 Å². The van der Waals surface area contributed by atoms with Crippen LogP contribution in [0.5, 0.6) is 0 Å². The molecule has 0 fully saturated rings. The van der Waals surface area contributed by atoms with Crippen molar-refractivity contribution in [1.29, 1.82) is 0 Å². The first-order valence-corrected chi connectivity index (χ1v) is 7.70. The van der Waals surface area contributed by atoms with Crippen molar-refractivity contribution in [3.63, 3.8) is 0 Å². The topological polar surface area (TPSA) is 101 Å². The van der Waals surface area contributed by atoms with E-state index in [-0.39, 0.29) is 6.61 Å². The zero-order valence-electron chi connectivity index (χ0n) is 8.10. The van der Waals surface area contributed by atoms with E-state index in [1.807, 2.05) is 0 Å². The lowest BCUT2D eigenvalue weighted by atomic mass is 10.3. The first-order chi connectivity index (χ1) is 6.20. The highest BCUT2D eigenvalue weighted by Crippen LogP contribution is 1.97. The molecule has 0 aliphatic heterocycles. The zero-order chi connectivity index (χ0) is 11.4. The molecule has 1 atom stereocenters. The van der Waals surface area contributed by atoms with Gasteiger partial charge in [0.05, 0.1) is 6.61 Å². The van der Waals surface area contributed by atoms with Gasteiger partial charge in [-0.15, -0.1) is 0 Å². The van der Waals surface area contributed by atoms with Crippen LogP contribution < -0.4 is 4.72 Å². The summed E-state index contributed by atoms with van der Waals surface area (Å²) in [4.78, 5) is 0. The fourth-order valence-electron chi connectivity index (χ4n) is 0.819. The molecule has 0 saturated heterocycles. The number of aliphatic hydroxyl groups is 1. The van der Waals surface area contributed by atoms with Crippen LogP contribution in [0.2, 0.25) is 0 Å². The van der Waals surface area contributed by atoms with Gasteiger partial charge in [0.1, 0.15) is 0 Å². The summed E-state index contributed by atoms with van der Waals surface area (Å²) in [5, 5.41) is 7.76. The van der Waals surface area contributed by atoms with Gasteiger partial charge in [0.25, 0.3) is 0 Å². The third-order valence-electron chi connectivity index (χ3n) is 1.43. The molecule has 0 aromatic rings. The second-order valence-electron chi connectivity index (χ2n) is 3.06. The number of sulfonamides is 1. The van der Waals surface area contributed by atoms with Crippen molar-refractivity contribution in [2.75, 3.05) is 17.9 Å². The lowest BCUT2D eigenvalue weighted by Gasteiger charge is -2.13. The molecular formula is C6H15NO5S2. The molecule has 0 amide bonds. The van der Waals surface area contributed by atoms with Crippen LogP contribution in [-0.2, 0) is 19.9 Å². The third-order valence-corrected chi connectivity index (χ3v) is 5.07. The van der Waals surface area contributed by atoms with Crippen LogP contribution in [0.4, 0.5) is 0 Å². The Morgan fingerprint density at radius 3 is 2.07 bits per heavy atom. The van der Waals surface area contributed by atoms with E-state index >= 15 is 0 Å². The second kappa shape index (κ2) is 5.06. The minimum Gasteiger partial charge on any atom is -0.395 e. The molecule has 0 spiro atoms. The van der Waals surface area contributed by atoms with Gasteiger partial charge in [-0.05, 0) is 6.42 Å². The van der Waals surface area contributed by atoms with Crippen LogP contribution in [0.3, 0.4) is 0 Å². The fourth-order valence-corrected chi connectivity index (χ4v) is 4.10. The largest absolute Gasteiger partial charge is 0.395 e. The molecule has 0 aliphatic carbocycles. The van der Waals surface area contributed by atoms with Crippen LogP contribution in [0.1, 0.15) is 13.3 Å². The van der Waals surface area contributed by atoms with Crippen molar-refractivity contribution >= 4 is 19.9 Å². The number of aliphatic hydroxyl groups excluding tert-OH is 1. The summed E-state index contributed by atoms with van der Waals surface area (Å²) in [6, 6.07) is -0.623. The van der Waals surface area contributed by atoms with E-state index in [4.69, 9.17) is 5.11 Å². The van der Waals surface area contributed by atoms with Crippen LogP contribution in [-0.4, -0.2) is 45.9 Å². The highest BCUT2D eigenvalue weighted by Gasteiger charge is 2.20. The van der Waals surface area contributed by atoms with E-state index in [0.717, 1.165) is 6.26 Å². The van der Waals surface area contributed by atoms with Crippen molar-refractivity contribution in [3.8, 4) is 0 Å². The molecule has 2 N–H and O–H groups in total. The molecule has 0 aliphatic rings. The van der Waals surface area contributed by atoms with Crippen LogP contribution in [0.15, 0.2) is 0 Å². The lowest BCUT2D eigenvalue weighted by molar-refractivity contribution is 0.254. The van der Waals surface area contributed by atoms with E-state index in [0.29, 0.717) is 6.42 Å². The Labute approximate surface area is 84.3 Å². The van der Waals surface area contributed by atoms with E-state index in [2.05, 4.69) is 4.72 Å².